The number of nitro groups is 1. The first kappa shape index (κ1) is 15.1. The molecule has 3 heterocycles. The van der Waals surface area contributed by atoms with Crippen molar-refractivity contribution in [2.75, 3.05) is 13.1 Å². The molecule has 2 unspecified atom stereocenters. The van der Waals surface area contributed by atoms with E-state index in [0.717, 1.165) is 5.56 Å². The van der Waals surface area contributed by atoms with Gasteiger partial charge in [0.2, 0.25) is 0 Å². The Bertz CT molecular complexity index is 619. The molecule has 1 N–H and O–H groups in total. The van der Waals surface area contributed by atoms with Crippen molar-refractivity contribution in [3.8, 4) is 0 Å². The minimum atomic E-state index is -0.665. The summed E-state index contributed by atoms with van der Waals surface area (Å²) in [5.41, 5.74) is 1.11. The number of hydrogen-bond acceptors (Lipinski definition) is 6. The highest BCUT2D eigenvalue weighted by Gasteiger charge is 2.44. The lowest BCUT2D eigenvalue weighted by Crippen LogP contribution is -2.41. The quantitative estimate of drug-likeness (QED) is 0.517. The van der Waals surface area contributed by atoms with Crippen LogP contribution in [0, 0.1) is 16.0 Å². The predicted octanol–water partition coefficient (Wildman–Crippen LogP) is 1.66. The SMILES string of the molecule is CC1CC(O)N2CCN(Cc3ccc(Cl)nc3)C2=C1[N+](=O)[O-]. The molecule has 7 nitrogen and oxygen atoms in total. The third-order valence-electron chi connectivity index (χ3n) is 4.16. The number of aromatic nitrogens is 1. The van der Waals surface area contributed by atoms with Crippen LogP contribution in [0.2, 0.25) is 5.15 Å². The summed E-state index contributed by atoms with van der Waals surface area (Å²) in [7, 11) is 0. The van der Waals surface area contributed by atoms with Crippen molar-refractivity contribution in [1.29, 1.82) is 0 Å². The summed E-state index contributed by atoms with van der Waals surface area (Å²) < 4.78 is 0. The molecule has 1 aromatic rings. The molecule has 2 aliphatic rings. The van der Waals surface area contributed by atoms with E-state index in [-0.39, 0.29) is 16.5 Å². The van der Waals surface area contributed by atoms with Gasteiger partial charge in [-0.1, -0.05) is 24.6 Å². The fraction of sp³-hybridized carbons (Fsp3) is 0.500. The minimum absolute atomic E-state index is 0.185. The van der Waals surface area contributed by atoms with Crippen LogP contribution in [0.4, 0.5) is 0 Å². The first-order valence-corrected chi connectivity index (χ1v) is 7.54. The zero-order valence-electron chi connectivity index (χ0n) is 12.1. The summed E-state index contributed by atoms with van der Waals surface area (Å²) in [5.74, 6) is 0.256. The van der Waals surface area contributed by atoms with E-state index in [1.165, 1.54) is 0 Å². The summed E-state index contributed by atoms with van der Waals surface area (Å²) in [4.78, 5) is 18.8. The number of hydrogen-bond donors (Lipinski definition) is 1. The average Bonchev–Trinajstić information content (AvgIpc) is 2.85. The van der Waals surface area contributed by atoms with E-state index in [2.05, 4.69) is 4.98 Å². The summed E-state index contributed by atoms with van der Waals surface area (Å²) in [5, 5.41) is 22.0. The van der Waals surface area contributed by atoms with Crippen LogP contribution in [0.5, 0.6) is 0 Å². The smallest absolute Gasteiger partial charge is 0.289 e. The van der Waals surface area contributed by atoms with E-state index in [1.54, 1.807) is 24.1 Å². The summed E-state index contributed by atoms with van der Waals surface area (Å²) in [6, 6.07) is 3.55. The second kappa shape index (κ2) is 5.73. The molecule has 0 bridgehead atoms. The third-order valence-corrected chi connectivity index (χ3v) is 4.38. The second-order valence-corrected chi connectivity index (χ2v) is 6.07. The van der Waals surface area contributed by atoms with E-state index < -0.39 is 6.23 Å². The lowest BCUT2D eigenvalue weighted by molar-refractivity contribution is -0.439. The highest BCUT2D eigenvalue weighted by atomic mass is 35.5. The van der Waals surface area contributed by atoms with Crippen LogP contribution in [0.15, 0.2) is 29.8 Å². The molecular weight excluding hydrogens is 308 g/mol. The number of rotatable bonds is 3. The number of pyridine rings is 1. The van der Waals surface area contributed by atoms with E-state index in [0.29, 0.717) is 37.0 Å². The maximum Gasteiger partial charge on any atom is 0.289 e. The summed E-state index contributed by atoms with van der Waals surface area (Å²) in [6.45, 7) is 3.51. The second-order valence-electron chi connectivity index (χ2n) is 5.69. The maximum absolute atomic E-state index is 11.4. The molecule has 0 radical (unpaired) electrons. The van der Waals surface area contributed by atoms with Crippen LogP contribution in [0.1, 0.15) is 18.9 Å². The Balaban J connectivity index is 1.93. The Morgan fingerprint density at radius 2 is 2.27 bits per heavy atom. The molecule has 0 aliphatic carbocycles. The third kappa shape index (κ3) is 2.62. The largest absolute Gasteiger partial charge is 0.374 e. The molecular formula is C14H17ClN4O3. The molecule has 118 valence electrons. The van der Waals surface area contributed by atoms with Crippen LogP contribution in [-0.4, -0.2) is 44.1 Å². The van der Waals surface area contributed by atoms with Crippen LogP contribution in [0.3, 0.4) is 0 Å². The van der Waals surface area contributed by atoms with Gasteiger partial charge in [0.1, 0.15) is 11.4 Å². The molecule has 1 fully saturated rings. The minimum Gasteiger partial charge on any atom is -0.374 e. The van der Waals surface area contributed by atoms with E-state index in [1.807, 2.05) is 11.0 Å². The van der Waals surface area contributed by atoms with Crippen LogP contribution < -0.4 is 0 Å². The van der Waals surface area contributed by atoms with Gasteiger partial charge in [-0.05, 0) is 11.6 Å². The number of fused-ring (bicyclic) bond motifs is 1. The van der Waals surface area contributed by atoms with Gasteiger partial charge in [-0.2, -0.15) is 0 Å². The van der Waals surface area contributed by atoms with E-state index in [4.69, 9.17) is 11.6 Å². The van der Waals surface area contributed by atoms with Crippen molar-refractivity contribution in [3.05, 3.63) is 50.7 Å². The van der Waals surface area contributed by atoms with Crippen LogP contribution in [0.25, 0.3) is 0 Å². The Kier molecular flexibility index (Phi) is 3.92. The fourth-order valence-corrected chi connectivity index (χ4v) is 3.24. The number of nitrogens with zero attached hydrogens (tertiary/aromatic N) is 4. The van der Waals surface area contributed by atoms with Gasteiger partial charge in [-0.15, -0.1) is 0 Å². The number of aliphatic hydroxyl groups excluding tert-OH is 1. The predicted molar refractivity (Wildman–Crippen MR) is 80.2 cm³/mol. The van der Waals surface area contributed by atoms with Crippen molar-refractivity contribution in [2.24, 2.45) is 5.92 Å². The average molecular weight is 325 g/mol. The lowest BCUT2D eigenvalue weighted by Gasteiger charge is -2.34. The standard InChI is InChI=1S/C14H17ClN4O3/c1-9-6-12(20)18-5-4-17(14(18)13(9)19(21)22)8-10-2-3-11(15)16-7-10/h2-3,7,9,12,20H,4-6,8H2,1H3. The molecule has 2 aliphatic heterocycles. The monoisotopic (exact) mass is 324 g/mol. The van der Waals surface area contributed by atoms with Gasteiger partial charge in [0, 0.05) is 32.3 Å². The van der Waals surface area contributed by atoms with E-state index >= 15 is 0 Å². The first-order chi connectivity index (χ1) is 10.5. The van der Waals surface area contributed by atoms with Crippen molar-refractivity contribution < 1.29 is 10.0 Å². The van der Waals surface area contributed by atoms with Gasteiger partial charge in [-0.3, -0.25) is 10.1 Å². The van der Waals surface area contributed by atoms with Gasteiger partial charge >= 0.3 is 0 Å². The zero-order valence-corrected chi connectivity index (χ0v) is 12.9. The van der Waals surface area contributed by atoms with E-state index in [9.17, 15) is 15.2 Å². The molecule has 2 atom stereocenters. The van der Waals surface area contributed by atoms with Gasteiger partial charge in [-0.25, -0.2) is 4.98 Å². The van der Waals surface area contributed by atoms with Crippen LogP contribution in [-0.2, 0) is 6.54 Å². The highest BCUT2D eigenvalue weighted by molar-refractivity contribution is 6.29. The van der Waals surface area contributed by atoms with Crippen molar-refractivity contribution >= 4 is 11.6 Å². The van der Waals surface area contributed by atoms with Crippen molar-refractivity contribution in [3.63, 3.8) is 0 Å². The van der Waals surface area contributed by atoms with Gasteiger partial charge < -0.3 is 14.9 Å². The van der Waals surface area contributed by atoms with Gasteiger partial charge in [0.25, 0.3) is 5.70 Å². The summed E-state index contributed by atoms with van der Waals surface area (Å²) >= 11 is 5.78. The summed E-state index contributed by atoms with van der Waals surface area (Å²) in [6.07, 6.45) is 1.39. The number of halogens is 1. The molecule has 1 aromatic heterocycles. The molecule has 22 heavy (non-hydrogen) atoms. The topological polar surface area (TPSA) is 82.7 Å². The molecule has 3 rings (SSSR count). The Morgan fingerprint density at radius 1 is 1.50 bits per heavy atom. The van der Waals surface area contributed by atoms with Gasteiger partial charge in [0.05, 0.1) is 10.8 Å². The van der Waals surface area contributed by atoms with Crippen LogP contribution >= 0.6 is 11.6 Å². The van der Waals surface area contributed by atoms with Crippen molar-refractivity contribution in [2.45, 2.75) is 26.1 Å². The number of aliphatic hydroxyl groups is 1. The molecule has 0 amide bonds. The lowest BCUT2D eigenvalue weighted by atomic mass is 9.98. The molecule has 0 aromatic carbocycles. The maximum atomic E-state index is 11.4. The molecule has 0 spiro atoms. The normalized spacial score (nSPS) is 24.7. The molecule has 0 saturated carbocycles. The molecule has 1 saturated heterocycles. The highest BCUT2D eigenvalue weighted by Crippen LogP contribution is 2.36. The number of allylic oxidation sites excluding steroid dienone is 1. The fourth-order valence-electron chi connectivity index (χ4n) is 3.13. The zero-order chi connectivity index (χ0) is 15.9. The first-order valence-electron chi connectivity index (χ1n) is 7.16. The molecule has 8 heteroatoms. The van der Waals surface area contributed by atoms with Gasteiger partial charge in [0.15, 0.2) is 5.82 Å². The Labute approximate surface area is 133 Å². The Morgan fingerprint density at radius 3 is 2.91 bits per heavy atom. The van der Waals surface area contributed by atoms with Crippen molar-refractivity contribution in [1.82, 2.24) is 14.8 Å². The Hall–Kier alpha value is -1.86.